The number of amides is 1. The van der Waals surface area contributed by atoms with Gasteiger partial charge in [0.05, 0.1) is 23.1 Å². The molecule has 0 aliphatic heterocycles. The van der Waals surface area contributed by atoms with Crippen LogP contribution in [0.15, 0.2) is 33.7 Å². The Kier molecular flexibility index (Phi) is 7.44. The molecule has 0 saturated carbocycles. The van der Waals surface area contributed by atoms with E-state index in [0.29, 0.717) is 52.2 Å². The number of ether oxygens (including phenoxy) is 1. The van der Waals surface area contributed by atoms with Gasteiger partial charge >= 0.3 is 0 Å². The van der Waals surface area contributed by atoms with Crippen LogP contribution in [-0.4, -0.2) is 32.1 Å². The lowest BCUT2D eigenvalue weighted by Gasteiger charge is -2.13. The highest BCUT2D eigenvalue weighted by molar-refractivity contribution is 6.40. The van der Waals surface area contributed by atoms with E-state index in [4.69, 9.17) is 49.7 Å². The van der Waals surface area contributed by atoms with Gasteiger partial charge < -0.3 is 25.5 Å². The zero-order valence-corrected chi connectivity index (χ0v) is 16.1. The lowest BCUT2D eigenvalue weighted by atomic mass is 10.3. The maximum atomic E-state index is 11.0. The average molecular weight is 420 g/mol. The van der Waals surface area contributed by atoms with E-state index in [1.807, 2.05) is 0 Å². The molecule has 10 heteroatoms. The van der Waals surface area contributed by atoms with Gasteiger partial charge in [-0.25, -0.2) is 0 Å². The van der Waals surface area contributed by atoms with E-state index in [1.165, 1.54) is 6.07 Å². The van der Waals surface area contributed by atoms with Gasteiger partial charge in [0.2, 0.25) is 0 Å². The Hall–Kier alpha value is -2.09. The van der Waals surface area contributed by atoms with Gasteiger partial charge in [-0.2, -0.15) is 0 Å². The number of nitrogens with zero attached hydrogens (tertiary/aromatic N) is 1. The highest BCUT2D eigenvalue weighted by Crippen LogP contribution is 2.35. The van der Waals surface area contributed by atoms with E-state index in [9.17, 15) is 4.79 Å². The maximum Gasteiger partial charge on any atom is 0.284 e. The molecule has 0 radical (unpaired) electrons. The molecular formula is C16H17Cl3N4O3. The minimum Gasteiger partial charge on any atom is -0.489 e. The molecule has 0 aliphatic carbocycles. The Morgan fingerprint density at radius 2 is 1.92 bits per heavy atom. The SMILES string of the molecule is CN=C(NCCOc1c(Cl)cc(Cl)cc1Cl)NCc1ccc(C(N)=O)o1. The smallest absolute Gasteiger partial charge is 0.284 e. The number of nitrogens with two attached hydrogens (primary N) is 1. The summed E-state index contributed by atoms with van der Waals surface area (Å²) in [6.07, 6.45) is 0. The van der Waals surface area contributed by atoms with E-state index in [2.05, 4.69) is 15.6 Å². The van der Waals surface area contributed by atoms with Gasteiger partial charge in [0, 0.05) is 12.1 Å². The van der Waals surface area contributed by atoms with Crippen LogP contribution in [0.1, 0.15) is 16.3 Å². The quantitative estimate of drug-likeness (QED) is 0.364. The second-order valence-electron chi connectivity index (χ2n) is 5.03. The van der Waals surface area contributed by atoms with Crippen molar-refractivity contribution in [2.45, 2.75) is 6.54 Å². The molecule has 2 rings (SSSR count). The summed E-state index contributed by atoms with van der Waals surface area (Å²) < 4.78 is 10.8. The molecule has 7 nitrogen and oxygen atoms in total. The van der Waals surface area contributed by atoms with Gasteiger partial charge in [-0.1, -0.05) is 34.8 Å². The third-order valence-corrected chi connectivity index (χ3v) is 3.94. The van der Waals surface area contributed by atoms with Gasteiger partial charge in [-0.3, -0.25) is 9.79 Å². The number of hydrogen-bond donors (Lipinski definition) is 3. The lowest BCUT2D eigenvalue weighted by Crippen LogP contribution is -2.38. The molecule has 1 amide bonds. The number of nitrogens with one attached hydrogen (secondary N) is 2. The molecule has 1 aromatic carbocycles. The molecule has 26 heavy (non-hydrogen) atoms. The van der Waals surface area contributed by atoms with Crippen molar-refractivity contribution in [1.29, 1.82) is 0 Å². The third-order valence-electron chi connectivity index (χ3n) is 3.16. The molecule has 0 saturated heterocycles. The molecule has 1 heterocycles. The fraction of sp³-hybridized carbons (Fsp3) is 0.250. The van der Waals surface area contributed by atoms with Crippen LogP contribution in [0.4, 0.5) is 0 Å². The zero-order valence-electron chi connectivity index (χ0n) is 13.8. The van der Waals surface area contributed by atoms with E-state index in [1.54, 1.807) is 25.2 Å². The number of aliphatic imine (C=N–C) groups is 1. The van der Waals surface area contributed by atoms with Crippen LogP contribution < -0.4 is 21.1 Å². The van der Waals surface area contributed by atoms with Crippen LogP contribution in [0.2, 0.25) is 15.1 Å². The highest BCUT2D eigenvalue weighted by Gasteiger charge is 2.10. The van der Waals surface area contributed by atoms with Gasteiger partial charge in [0.15, 0.2) is 17.5 Å². The molecule has 0 aliphatic rings. The summed E-state index contributed by atoms with van der Waals surface area (Å²) in [6.45, 7) is 1.08. The highest BCUT2D eigenvalue weighted by atomic mass is 35.5. The predicted molar refractivity (Wildman–Crippen MR) is 102 cm³/mol. The molecule has 0 bridgehead atoms. The summed E-state index contributed by atoms with van der Waals surface area (Å²) in [5, 5.41) is 7.21. The molecule has 4 N–H and O–H groups in total. The summed E-state index contributed by atoms with van der Waals surface area (Å²) in [6, 6.07) is 6.29. The Labute approximate surface area is 165 Å². The number of furan rings is 1. The second kappa shape index (κ2) is 9.56. The number of primary amides is 1. The summed E-state index contributed by atoms with van der Waals surface area (Å²) >= 11 is 18.0. The molecule has 140 valence electrons. The first-order valence-electron chi connectivity index (χ1n) is 7.51. The fourth-order valence-corrected chi connectivity index (χ4v) is 2.91. The molecular weight excluding hydrogens is 403 g/mol. The normalized spacial score (nSPS) is 11.3. The maximum absolute atomic E-state index is 11.0. The Morgan fingerprint density at radius 3 is 2.50 bits per heavy atom. The van der Waals surface area contributed by atoms with Gasteiger partial charge in [-0.15, -0.1) is 0 Å². The largest absolute Gasteiger partial charge is 0.489 e. The van der Waals surface area contributed by atoms with Crippen molar-refractivity contribution >= 4 is 46.7 Å². The Morgan fingerprint density at radius 1 is 1.23 bits per heavy atom. The minimum atomic E-state index is -0.615. The van der Waals surface area contributed by atoms with Crippen molar-refractivity contribution in [3.63, 3.8) is 0 Å². The van der Waals surface area contributed by atoms with Crippen molar-refractivity contribution in [3.8, 4) is 5.75 Å². The van der Waals surface area contributed by atoms with E-state index >= 15 is 0 Å². The van der Waals surface area contributed by atoms with E-state index in [-0.39, 0.29) is 5.76 Å². The van der Waals surface area contributed by atoms with Crippen LogP contribution >= 0.6 is 34.8 Å². The molecule has 0 atom stereocenters. The molecule has 0 spiro atoms. The number of rotatable bonds is 7. The fourth-order valence-electron chi connectivity index (χ4n) is 1.99. The lowest BCUT2D eigenvalue weighted by molar-refractivity contribution is 0.0972. The van der Waals surface area contributed by atoms with Crippen LogP contribution in [-0.2, 0) is 6.54 Å². The van der Waals surface area contributed by atoms with Gasteiger partial charge in [0.1, 0.15) is 12.4 Å². The average Bonchev–Trinajstić information content (AvgIpc) is 3.05. The molecule has 0 unspecified atom stereocenters. The number of benzene rings is 1. The number of halogens is 3. The van der Waals surface area contributed by atoms with Crippen molar-refractivity contribution < 1.29 is 13.9 Å². The Balaban J connectivity index is 1.78. The van der Waals surface area contributed by atoms with Crippen LogP contribution in [0.3, 0.4) is 0 Å². The van der Waals surface area contributed by atoms with E-state index < -0.39 is 5.91 Å². The van der Waals surface area contributed by atoms with E-state index in [0.717, 1.165) is 0 Å². The monoisotopic (exact) mass is 418 g/mol. The van der Waals surface area contributed by atoms with Gasteiger partial charge in [0.25, 0.3) is 5.91 Å². The first-order chi connectivity index (χ1) is 12.4. The number of guanidine groups is 1. The zero-order chi connectivity index (χ0) is 19.1. The van der Waals surface area contributed by atoms with Crippen molar-refractivity contribution in [2.24, 2.45) is 10.7 Å². The van der Waals surface area contributed by atoms with Crippen LogP contribution in [0, 0.1) is 0 Å². The Bertz CT molecular complexity index is 785. The van der Waals surface area contributed by atoms with Crippen molar-refractivity contribution in [1.82, 2.24) is 10.6 Å². The van der Waals surface area contributed by atoms with Crippen LogP contribution in [0.5, 0.6) is 5.75 Å². The van der Waals surface area contributed by atoms with Crippen LogP contribution in [0.25, 0.3) is 0 Å². The summed E-state index contributed by atoms with van der Waals surface area (Å²) in [5.74, 6) is 0.944. The first-order valence-corrected chi connectivity index (χ1v) is 8.64. The van der Waals surface area contributed by atoms with Gasteiger partial charge in [-0.05, 0) is 24.3 Å². The molecule has 1 aromatic heterocycles. The number of carbonyl (C=O) groups excluding carboxylic acids is 1. The summed E-state index contributed by atoms with van der Waals surface area (Å²) in [7, 11) is 1.63. The minimum absolute atomic E-state index is 0.106. The topological polar surface area (TPSA) is 102 Å². The second-order valence-corrected chi connectivity index (χ2v) is 6.28. The summed E-state index contributed by atoms with van der Waals surface area (Å²) in [5.41, 5.74) is 5.14. The van der Waals surface area contributed by atoms with Crippen molar-refractivity contribution in [3.05, 3.63) is 50.9 Å². The third kappa shape index (κ3) is 5.72. The standard InChI is InChI=1S/C16H17Cl3N4O3/c1-21-16(23-8-10-2-3-13(26-10)15(20)24)22-4-5-25-14-11(18)6-9(17)7-12(14)19/h2-3,6-7H,4-5,8H2,1H3,(H2,20,24)(H2,21,22,23). The predicted octanol–water partition coefficient (Wildman–Crippen LogP) is 3.08. The number of carbonyl (C=O) groups is 1. The first kappa shape index (κ1) is 20.2. The van der Waals surface area contributed by atoms with Crippen molar-refractivity contribution in [2.75, 3.05) is 20.2 Å². The molecule has 0 fully saturated rings. The summed E-state index contributed by atoms with van der Waals surface area (Å²) in [4.78, 5) is 15.1. The molecule has 2 aromatic rings. The number of hydrogen-bond acceptors (Lipinski definition) is 4.